The van der Waals surface area contributed by atoms with Crippen LogP contribution in [0, 0.1) is 6.92 Å². The minimum atomic E-state index is 0.607. The van der Waals surface area contributed by atoms with Crippen molar-refractivity contribution in [2.75, 3.05) is 11.4 Å². The highest BCUT2D eigenvalue weighted by Gasteiger charge is 2.26. The zero-order valence-electron chi connectivity index (χ0n) is 12.7. The molecule has 0 radical (unpaired) electrons. The van der Waals surface area contributed by atoms with E-state index in [1.54, 1.807) is 0 Å². The fourth-order valence-corrected chi connectivity index (χ4v) is 3.16. The summed E-state index contributed by atoms with van der Waals surface area (Å²) < 4.78 is 0. The third-order valence-corrected chi connectivity index (χ3v) is 4.26. The highest BCUT2D eigenvalue weighted by molar-refractivity contribution is 5.33. The van der Waals surface area contributed by atoms with E-state index in [0.29, 0.717) is 6.04 Å². The Labute approximate surface area is 127 Å². The second-order valence-corrected chi connectivity index (χ2v) is 5.87. The van der Waals surface area contributed by atoms with Gasteiger partial charge in [0.25, 0.3) is 0 Å². The highest BCUT2D eigenvalue weighted by Crippen LogP contribution is 2.25. The molecule has 3 rings (SSSR count). The van der Waals surface area contributed by atoms with E-state index in [1.807, 2.05) is 19.2 Å². The summed E-state index contributed by atoms with van der Waals surface area (Å²) in [5, 5.41) is 0. The van der Waals surface area contributed by atoms with Crippen LogP contribution >= 0.6 is 0 Å². The van der Waals surface area contributed by atoms with Gasteiger partial charge < -0.3 is 4.90 Å². The maximum absolute atomic E-state index is 4.59. The maximum atomic E-state index is 4.59. The zero-order chi connectivity index (χ0) is 14.5. The lowest BCUT2D eigenvalue weighted by Crippen LogP contribution is -2.30. The number of rotatable bonds is 5. The predicted molar refractivity (Wildman–Crippen MR) is 86.5 cm³/mol. The van der Waals surface area contributed by atoms with Crippen molar-refractivity contribution < 1.29 is 0 Å². The van der Waals surface area contributed by atoms with Crippen LogP contribution in [0.5, 0.6) is 0 Å². The molecule has 1 atom stereocenters. The van der Waals surface area contributed by atoms with Crippen molar-refractivity contribution in [2.24, 2.45) is 0 Å². The molecule has 2 heterocycles. The van der Waals surface area contributed by atoms with Gasteiger partial charge in [-0.1, -0.05) is 30.3 Å². The Morgan fingerprint density at radius 1 is 1.19 bits per heavy atom. The van der Waals surface area contributed by atoms with E-state index in [4.69, 9.17) is 0 Å². The first kappa shape index (κ1) is 14.1. The molecule has 0 saturated carbocycles. The molecule has 1 aromatic carbocycles. The van der Waals surface area contributed by atoms with Crippen LogP contribution in [0.4, 0.5) is 5.95 Å². The molecule has 1 saturated heterocycles. The first-order chi connectivity index (χ1) is 10.3. The Morgan fingerprint density at radius 3 is 2.86 bits per heavy atom. The molecule has 1 fully saturated rings. The molecule has 1 aromatic heterocycles. The standard InChI is InChI=1S/C18H23N3/c1-15-12-13-19-18(20-15)21-14-6-11-17(21)10-5-9-16-7-3-2-4-8-16/h2-4,7-8,12-13,17H,5-6,9-11,14H2,1H3. The van der Waals surface area contributed by atoms with E-state index in [1.165, 1.54) is 37.7 Å². The first-order valence-electron chi connectivity index (χ1n) is 7.93. The van der Waals surface area contributed by atoms with Crippen molar-refractivity contribution in [2.45, 2.75) is 45.1 Å². The molecule has 1 aliphatic rings. The summed E-state index contributed by atoms with van der Waals surface area (Å²) in [4.78, 5) is 11.4. The fraction of sp³-hybridized carbons (Fsp3) is 0.444. The SMILES string of the molecule is Cc1ccnc(N2CCCC2CCCc2ccccc2)n1. The summed E-state index contributed by atoms with van der Waals surface area (Å²) in [5.74, 6) is 0.914. The molecule has 3 heteroatoms. The van der Waals surface area contributed by atoms with E-state index in [2.05, 4.69) is 45.2 Å². The van der Waals surface area contributed by atoms with Gasteiger partial charge in [0.15, 0.2) is 0 Å². The highest BCUT2D eigenvalue weighted by atomic mass is 15.3. The van der Waals surface area contributed by atoms with Gasteiger partial charge >= 0.3 is 0 Å². The van der Waals surface area contributed by atoms with Gasteiger partial charge in [-0.2, -0.15) is 0 Å². The summed E-state index contributed by atoms with van der Waals surface area (Å²) in [6.07, 6.45) is 8.03. The second-order valence-electron chi connectivity index (χ2n) is 5.87. The number of aryl methyl sites for hydroxylation is 2. The van der Waals surface area contributed by atoms with Gasteiger partial charge in [0.1, 0.15) is 0 Å². The van der Waals surface area contributed by atoms with Gasteiger partial charge in [-0.05, 0) is 50.7 Å². The third-order valence-electron chi connectivity index (χ3n) is 4.26. The van der Waals surface area contributed by atoms with E-state index in [0.717, 1.165) is 18.2 Å². The molecule has 1 aliphatic heterocycles. The largest absolute Gasteiger partial charge is 0.338 e. The maximum Gasteiger partial charge on any atom is 0.225 e. The van der Waals surface area contributed by atoms with Gasteiger partial charge in [0.05, 0.1) is 0 Å². The number of anilines is 1. The summed E-state index contributed by atoms with van der Waals surface area (Å²) in [6, 6.07) is 13.3. The fourth-order valence-electron chi connectivity index (χ4n) is 3.16. The van der Waals surface area contributed by atoms with E-state index >= 15 is 0 Å². The number of hydrogen-bond acceptors (Lipinski definition) is 3. The molecule has 0 bridgehead atoms. The molecule has 3 nitrogen and oxygen atoms in total. The van der Waals surface area contributed by atoms with Crippen LogP contribution in [0.15, 0.2) is 42.6 Å². The lowest BCUT2D eigenvalue weighted by Gasteiger charge is -2.24. The molecule has 0 amide bonds. The summed E-state index contributed by atoms with van der Waals surface area (Å²) in [6.45, 7) is 3.13. The van der Waals surface area contributed by atoms with Gasteiger partial charge in [-0.15, -0.1) is 0 Å². The van der Waals surface area contributed by atoms with Gasteiger partial charge in [-0.25, -0.2) is 9.97 Å². The lowest BCUT2D eigenvalue weighted by molar-refractivity contribution is 0.573. The Bertz CT molecular complexity index is 568. The van der Waals surface area contributed by atoms with Crippen LogP contribution < -0.4 is 4.90 Å². The topological polar surface area (TPSA) is 29.0 Å². The first-order valence-corrected chi connectivity index (χ1v) is 7.93. The molecular weight excluding hydrogens is 258 g/mol. The average molecular weight is 281 g/mol. The van der Waals surface area contributed by atoms with Crippen molar-refractivity contribution in [3.05, 3.63) is 53.9 Å². The monoisotopic (exact) mass is 281 g/mol. The summed E-state index contributed by atoms with van der Waals surface area (Å²) in [5.41, 5.74) is 2.49. The van der Waals surface area contributed by atoms with Crippen LogP contribution in [0.2, 0.25) is 0 Å². The Hall–Kier alpha value is -1.90. The van der Waals surface area contributed by atoms with Crippen LogP contribution in [0.3, 0.4) is 0 Å². The molecule has 0 aliphatic carbocycles. The quantitative estimate of drug-likeness (QED) is 0.835. The number of hydrogen-bond donors (Lipinski definition) is 0. The van der Waals surface area contributed by atoms with Crippen molar-refractivity contribution >= 4 is 5.95 Å². The predicted octanol–water partition coefficient (Wildman–Crippen LogP) is 3.78. The molecular formula is C18H23N3. The van der Waals surface area contributed by atoms with Crippen molar-refractivity contribution in [3.63, 3.8) is 0 Å². The van der Waals surface area contributed by atoms with Gasteiger partial charge in [0.2, 0.25) is 5.95 Å². The minimum Gasteiger partial charge on any atom is -0.338 e. The van der Waals surface area contributed by atoms with Crippen molar-refractivity contribution in [1.29, 1.82) is 0 Å². The Kier molecular flexibility index (Phi) is 4.49. The Balaban J connectivity index is 1.57. The van der Waals surface area contributed by atoms with E-state index < -0.39 is 0 Å². The zero-order valence-corrected chi connectivity index (χ0v) is 12.7. The second kappa shape index (κ2) is 6.70. The van der Waals surface area contributed by atoms with Crippen LogP contribution in [0.25, 0.3) is 0 Å². The lowest BCUT2D eigenvalue weighted by atomic mass is 10.0. The number of aromatic nitrogens is 2. The molecule has 0 N–H and O–H groups in total. The average Bonchev–Trinajstić information content (AvgIpc) is 2.97. The molecule has 0 spiro atoms. The van der Waals surface area contributed by atoms with Crippen molar-refractivity contribution in [3.8, 4) is 0 Å². The molecule has 21 heavy (non-hydrogen) atoms. The summed E-state index contributed by atoms with van der Waals surface area (Å²) >= 11 is 0. The third kappa shape index (κ3) is 3.60. The van der Waals surface area contributed by atoms with E-state index in [-0.39, 0.29) is 0 Å². The Morgan fingerprint density at radius 2 is 2.05 bits per heavy atom. The number of benzene rings is 1. The molecule has 2 aromatic rings. The smallest absolute Gasteiger partial charge is 0.225 e. The number of nitrogens with zero attached hydrogens (tertiary/aromatic N) is 3. The van der Waals surface area contributed by atoms with Gasteiger partial charge in [0, 0.05) is 24.5 Å². The molecule has 110 valence electrons. The van der Waals surface area contributed by atoms with Crippen LogP contribution in [0.1, 0.15) is 36.9 Å². The minimum absolute atomic E-state index is 0.607. The normalized spacial score (nSPS) is 18.1. The van der Waals surface area contributed by atoms with Gasteiger partial charge in [-0.3, -0.25) is 0 Å². The van der Waals surface area contributed by atoms with Crippen LogP contribution in [-0.2, 0) is 6.42 Å². The van der Waals surface area contributed by atoms with E-state index in [9.17, 15) is 0 Å². The summed E-state index contributed by atoms with van der Waals surface area (Å²) in [7, 11) is 0. The van der Waals surface area contributed by atoms with Crippen molar-refractivity contribution in [1.82, 2.24) is 9.97 Å². The molecule has 1 unspecified atom stereocenters. The van der Waals surface area contributed by atoms with Crippen LogP contribution in [-0.4, -0.2) is 22.6 Å².